The smallest absolute Gasteiger partial charge is 0.257 e. The Bertz CT molecular complexity index is 884. The molecule has 2 aliphatic rings. The zero-order valence-corrected chi connectivity index (χ0v) is 14.7. The van der Waals surface area contributed by atoms with Crippen molar-refractivity contribution < 1.29 is 4.79 Å². The fraction of sp³-hybridized carbons (Fsp3) is 0.350. The third-order valence-electron chi connectivity index (χ3n) is 5.18. The molecule has 0 fully saturated rings. The van der Waals surface area contributed by atoms with Crippen LogP contribution in [0.2, 0.25) is 0 Å². The van der Waals surface area contributed by atoms with Crippen molar-refractivity contribution >= 4 is 11.6 Å². The molecule has 0 aliphatic carbocycles. The number of amides is 1. The second kappa shape index (κ2) is 5.77. The maximum Gasteiger partial charge on any atom is 0.257 e. The highest BCUT2D eigenvalue weighted by molar-refractivity contribution is 6.04. The maximum absolute atomic E-state index is 12.2. The van der Waals surface area contributed by atoms with Crippen molar-refractivity contribution in [2.75, 3.05) is 18.9 Å². The van der Waals surface area contributed by atoms with Crippen LogP contribution in [0.4, 0.5) is 5.69 Å². The topological polar surface area (TPSA) is 61.8 Å². The minimum absolute atomic E-state index is 0.321. The van der Waals surface area contributed by atoms with Crippen LogP contribution in [0.3, 0.4) is 0 Å². The van der Waals surface area contributed by atoms with Gasteiger partial charge >= 0.3 is 0 Å². The maximum atomic E-state index is 12.2. The van der Waals surface area contributed by atoms with Crippen LogP contribution in [0.15, 0.2) is 29.4 Å². The van der Waals surface area contributed by atoms with Crippen molar-refractivity contribution in [1.82, 2.24) is 4.90 Å². The fourth-order valence-electron chi connectivity index (χ4n) is 4.10. The molecule has 25 heavy (non-hydrogen) atoms. The average molecular weight is 335 g/mol. The molecule has 0 aromatic heterocycles. The largest absolute Gasteiger partial charge is 0.323 e. The van der Waals surface area contributed by atoms with Gasteiger partial charge in [0.15, 0.2) is 6.04 Å². The van der Waals surface area contributed by atoms with Crippen molar-refractivity contribution in [3.05, 3.63) is 57.0 Å². The minimum Gasteiger partial charge on any atom is -0.323 e. The lowest BCUT2D eigenvalue weighted by molar-refractivity contribution is -0.116. The number of likely N-dealkylation sites (N-methyl/N-ethyl adjacent to an activating group) is 1. The zero-order valence-electron chi connectivity index (χ0n) is 14.7. The van der Waals surface area contributed by atoms with Crippen LogP contribution in [0.5, 0.6) is 0 Å². The molecule has 2 aromatic carbocycles. The van der Waals surface area contributed by atoms with E-state index in [0.717, 1.165) is 41.9 Å². The number of hydrogen-bond donors (Lipinski definition) is 1. The van der Waals surface area contributed by atoms with E-state index in [-0.39, 0.29) is 5.91 Å². The lowest BCUT2D eigenvalue weighted by atomic mass is 9.86. The van der Waals surface area contributed by atoms with Crippen molar-refractivity contribution in [3.63, 3.8) is 0 Å². The van der Waals surface area contributed by atoms with E-state index in [1.807, 2.05) is 6.07 Å². The van der Waals surface area contributed by atoms with Gasteiger partial charge in [0.2, 0.25) is 0 Å². The summed E-state index contributed by atoms with van der Waals surface area (Å²) < 4.78 is 0. The predicted octanol–water partition coefficient (Wildman–Crippen LogP) is 3.72. The van der Waals surface area contributed by atoms with Crippen LogP contribution < -0.4 is 5.32 Å². The van der Waals surface area contributed by atoms with Gasteiger partial charge in [-0.3, -0.25) is 4.79 Å². The summed E-state index contributed by atoms with van der Waals surface area (Å²) in [5, 5.41) is 5.96. The van der Waals surface area contributed by atoms with Crippen LogP contribution in [-0.2, 0) is 17.8 Å². The highest BCUT2D eigenvalue weighted by Crippen LogP contribution is 2.44. The Kier molecular flexibility index (Phi) is 3.69. The first kappa shape index (κ1) is 16.0. The Balaban J connectivity index is 1.99. The molecule has 5 heteroatoms. The van der Waals surface area contributed by atoms with Gasteiger partial charge in [0.25, 0.3) is 5.91 Å². The molecule has 2 aliphatic heterocycles. The summed E-state index contributed by atoms with van der Waals surface area (Å²) in [5.41, 5.74) is 8.58. The van der Waals surface area contributed by atoms with E-state index < -0.39 is 6.04 Å². The van der Waals surface area contributed by atoms with Gasteiger partial charge < -0.3 is 10.2 Å². The number of nitrogens with zero attached hydrogens (tertiary/aromatic N) is 2. The Morgan fingerprint density at radius 1 is 1.12 bits per heavy atom. The standard InChI is InChI=1S/C20H21N3O2/c1-11-6-12(2)8-13(7-11)15-9-16-18(21-20(24)19(16)22-25)17-10-23(3)5-4-14(15)17/h6-9,19H,4-5,10H2,1-3H3,(H,21,24). The van der Waals surface area contributed by atoms with E-state index in [1.165, 1.54) is 16.7 Å². The first-order chi connectivity index (χ1) is 12.0. The molecule has 1 unspecified atom stereocenters. The summed E-state index contributed by atoms with van der Waals surface area (Å²) in [5.74, 6) is -0.321. The van der Waals surface area contributed by atoms with E-state index in [2.05, 4.69) is 54.5 Å². The second-order valence-electron chi connectivity index (χ2n) is 7.21. The highest BCUT2D eigenvalue weighted by Gasteiger charge is 2.36. The lowest BCUT2D eigenvalue weighted by Crippen LogP contribution is -2.27. The number of aryl methyl sites for hydroxylation is 2. The number of nitroso groups, excluding NO2 is 1. The first-order valence-electron chi connectivity index (χ1n) is 8.57. The van der Waals surface area contributed by atoms with Crippen molar-refractivity contribution in [2.45, 2.75) is 32.9 Å². The molecule has 2 heterocycles. The Morgan fingerprint density at radius 2 is 1.84 bits per heavy atom. The summed E-state index contributed by atoms with van der Waals surface area (Å²) in [6, 6.07) is 7.54. The number of nitrogens with one attached hydrogen (secondary N) is 1. The van der Waals surface area contributed by atoms with Crippen LogP contribution >= 0.6 is 0 Å². The summed E-state index contributed by atoms with van der Waals surface area (Å²) in [6.45, 7) is 5.92. The van der Waals surface area contributed by atoms with Crippen LogP contribution in [0, 0.1) is 18.8 Å². The molecule has 0 saturated heterocycles. The quantitative estimate of drug-likeness (QED) is 0.851. The number of fused-ring (bicyclic) bond motifs is 3. The molecular weight excluding hydrogens is 314 g/mol. The van der Waals surface area contributed by atoms with E-state index in [1.54, 1.807) is 0 Å². The van der Waals surface area contributed by atoms with Gasteiger partial charge in [0, 0.05) is 18.7 Å². The van der Waals surface area contributed by atoms with E-state index >= 15 is 0 Å². The predicted molar refractivity (Wildman–Crippen MR) is 98.6 cm³/mol. The van der Waals surface area contributed by atoms with Gasteiger partial charge in [-0.15, -0.1) is 4.91 Å². The summed E-state index contributed by atoms with van der Waals surface area (Å²) in [4.78, 5) is 25.7. The second-order valence-corrected chi connectivity index (χ2v) is 7.21. The lowest BCUT2D eigenvalue weighted by Gasteiger charge is -2.29. The number of benzene rings is 2. The molecular formula is C20H21N3O2. The van der Waals surface area contributed by atoms with Crippen LogP contribution in [0.25, 0.3) is 11.1 Å². The van der Waals surface area contributed by atoms with Crippen LogP contribution in [-0.4, -0.2) is 24.4 Å². The van der Waals surface area contributed by atoms with Crippen molar-refractivity contribution in [2.24, 2.45) is 5.18 Å². The normalized spacial score (nSPS) is 19.3. The van der Waals surface area contributed by atoms with Crippen molar-refractivity contribution in [1.29, 1.82) is 0 Å². The Morgan fingerprint density at radius 3 is 2.52 bits per heavy atom. The molecule has 0 saturated carbocycles. The average Bonchev–Trinajstić information content (AvgIpc) is 2.88. The molecule has 1 N–H and O–H groups in total. The van der Waals surface area contributed by atoms with Gasteiger partial charge in [-0.05, 0) is 55.6 Å². The summed E-state index contributed by atoms with van der Waals surface area (Å²) >= 11 is 0. The molecule has 1 amide bonds. The third kappa shape index (κ3) is 2.55. The molecule has 0 bridgehead atoms. The number of rotatable bonds is 2. The monoisotopic (exact) mass is 335 g/mol. The van der Waals surface area contributed by atoms with Gasteiger partial charge in [-0.1, -0.05) is 34.5 Å². The number of carbonyl (C=O) groups is 1. The van der Waals surface area contributed by atoms with Crippen LogP contribution in [0.1, 0.15) is 33.9 Å². The number of carbonyl (C=O) groups excluding carboxylic acids is 1. The zero-order chi connectivity index (χ0) is 17.7. The number of hydrogen-bond acceptors (Lipinski definition) is 4. The number of anilines is 1. The van der Waals surface area contributed by atoms with Gasteiger partial charge in [0.1, 0.15) is 0 Å². The van der Waals surface area contributed by atoms with Gasteiger partial charge in [0.05, 0.1) is 5.69 Å². The van der Waals surface area contributed by atoms with E-state index in [4.69, 9.17) is 0 Å². The van der Waals surface area contributed by atoms with E-state index in [0.29, 0.717) is 5.56 Å². The molecule has 2 aromatic rings. The third-order valence-corrected chi connectivity index (χ3v) is 5.18. The first-order valence-corrected chi connectivity index (χ1v) is 8.57. The molecule has 1 atom stereocenters. The van der Waals surface area contributed by atoms with E-state index in [9.17, 15) is 9.70 Å². The SMILES string of the molecule is Cc1cc(C)cc(-c2cc3c(c4c2CCN(C)C4)NC(=O)C3N=O)c1. The molecule has 4 rings (SSSR count). The Labute approximate surface area is 147 Å². The minimum atomic E-state index is -0.947. The molecule has 0 radical (unpaired) electrons. The Hall–Kier alpha value is -2.53. The molecule has 0 spiro atoms. The summed E-state index contributed by atoms with van der Waals surface area (Å²) in [7, 11) is 2.07. The summed E-state index contributed by atoms with van der Waals surface area (Å²) in [6.07, 6.45) is 0.927. The van der Waals surface area contributed by atoms with Gasteiger partial charge in [-0.2, -0.15) is 0 Å². The molecule has 5 nitrogen and oxygen atoms in total. The van der Waals surface area contributed by atoms with Gasteiger partial charge in [-0.25, -0.2) is 0 Å². The van der Waals surface area contributed by atoms with Crippen molar-refractivity contribution in [3.8, 4) is 11.1 Å². The fourth-order valence-corrected chi connectivity index (χ4v) is 4.10. The molecule has 128 valence electrons. The highest BCUT2D eigenvalue weighted by atomic mass is 16.3.